The minimum absolute atomic E-state index is 0.110. The van der Waals surface area contributed by atoms with Crippen LogP contribution in [0.15, 0.2) is 30.3 Å². The molecule has 0 spiro atoms. The summed E-state index contributed by atoms with van der Waals surface area (Å²) in [6.07, 6.45) is 1.11. The molecule has 1 aromatic rings. The fourth-order valence-corrected chi connectivity index (χ4v) is 2.25. The van der Waals surface area contributed by atoms with E-state index in [0.717, 1.165) is 25.1 Å². The number of hydrogen-bond acceptors (Lipinski definition) is 3. The molecule has 3 heteroatoms. The molecule has 0 saturated carbocycles. The molecule has 2 atom stereocenters. The molecule has 0 aromatic heterocycles. The average molecular weight is 234 g/mol. The van der Waals surface area contributed by atoms with Gasteiger partial charge in [-0.1, -0.05) is 30.3 Å². The van der Waals surface area contributed by atoms with Crippen molar-refractivity contribution in [2.75, 3.05) is 19.6 Å². The number of rotatable bonds is 4. The Hall–Kier alpha value is -0.900. The third kappa shape index (κ3) is 3.06. The molecule has 2 rings (SSSR count). The van der Waals surface area contributed by atoms with Crippen LogP contribution >= 0.6 is 0 Å². The highest BCUT2D eigenvalue weighted by Gasteiger charge is 2.31. The van der Waals surface area contributed by atoms with Gasteiger partial charge in [-0.05, 0) is 32.4 Å². The molecule has 1 heterocycles. The maximum Gasteiger partial charge on any atom is 0.0992 e. The van der Waals surface area contributed by atoms with E-state index in [1.807, 2.05) is 37.3 Å². The Morgan fingerprint density at radius 3 is 2.71 bits per heavy atom. The van der Waals surface area contributed by atoms with Crippen molar-refractivity contribution in [1.82, 2.24) is 10.6 Å². The molecule has 1 aliphatic heterocycles. The minimum atomic E-state index is -0.813. The molecule has 1 aromatic carbocycles. The van der Waals surface area contributed by atoms with E-state index in [9.17, 15) is 5.11 Å². The lowest BCUT2D eigenvalue weighted by atomic mass is 9.93. The molecule has 2 unspecified atom stereocenters. The molecule has 1 saturated heterocycles. The van der Waals surface area contributed by atoms with Gasteiger partial charge in [0.15, 0.2) is 0 Å². The molecular formula is C14H22N2O. The monoisotopic (exact) mass is 234 g/mol. The topological polar surface area (TPSA) is 44.3 Å². The van der Waals surface area contributed by atoms with Crippen molar-refractivity contribution in [2.24, 2.45) is 0 Å². The Morgan fingerprint density at radius 1 is 1.41 bits per heavy atom. The van der Waals surface area contributed by atoms with E-state index in [0.29, 0.717) is 6.54 Å². The molecule has 3 N–H and O–H groups in total. The Bertz CT molecular complexity index is 356. The van der Waals surface area contributed by atoms with Crippen molar-refractivity contribution >= 4 is 0 Å². The molecule has 1 aliphatic rings. The third-order valence-electron chi connectivity index (χ3n) is 3.62. The van der Waals surface area contributed by atoms with E-state index in [2.05, 4.69) is 17.6 Å². The van der Waals surface area contributed by atoms with Crippen molar-refractivity contribution < 1.29 is 5.11 Å². The molecular weight excluding hydrogens is 212 g/mol. The van der Waals surface area contributed by atoms with Gasteiger partial charge in [-0.3, -0.25) is 0 Å². The zero-order valence-electron chi connectivity index (χ0n) is 10.7. The van der Waals surface area contributed by atoms with Crippen LogP contribution in [0, 0.1) is 0 Å². The number of aliphatic hydroxyl groups is 1. The maximum atomic E-state index is 10.5. The van der Waals surface area contributed by atoms with E-state index in [4.69, 9.17) is 0 Å². The van der Waals surface area contributed by atoms with Crippen LogP contribution in [0.5, 0.6) is 0 Å². The van der Waals surface area contributed by atoms with Crippen LogP contribution in [0.1, 0.15) is 25.8 Å². The van der Waals surface area contributed by atoms with Gasteiger partial charge in [-0.25, -0.2) is 0 Å². The van der Waals surface area contributed by atoms with Crippen LogP contribution in [0.25, 0.3) is 0 Å². The standard InChI is InChI=1S/C14H22N2O/c1-13(8-9-15-10-13)16-11-14(2,17)12-6-4-3-5-7-12/h3-7,15-17H,8-11H2,1-2H3. The maximum absolute atomic E-state index is 10.5. The Balaban J connectivity index is 1.98. The van der Waals surface area contributed by atoms with E-state index >= 15 is 0 Å². The number of β-amino-alcohol motifs (C(OH)–C–C–N with tert-alkyl or cyclic N) is 1. The quantitative estimate of drug-likeness (QED) is 0.734. The van der Waals surface area contributed by atoms with E-state index in [-0.39, 0.29) is 5.54 Å². The zero-order chi connectivity index (χ0) is 12.4. The van der Waals surface area contributed by atoms with Gasteiger partial charge in [0.2, 0.25) is 0 Å². The lowest BCUT2D eigenvalue weighted by molar-refractivity contribution is 0.0491. The second kappa shape index (κ2) is 4.77. The number of hydrogen-bond donors (Lipinski definition) is 3. The molecule has 1 fully saturated rings. The van der Waals surface area contributed by atoms with Crippen LogP contribution in [0.2, 0.25) is 0 Å². The smallest absolute Gasteiger partial charge is 0.0992 e. The van der Waals surface area contributed by atoms with E-state index in [1.165, 1.54) is 0 Å². The van der Waals surface area contributed by atoms with Gasteiger partial charge in [-0.15, -0.1) is 0 Å². The van der Waals surface area contributed by atoms with Gasteiger partial charge in [0.05, 0.1) is 5.60 Å². The van der Waals surface area contributed by atoms with Gasteiger partial charge in [0.25, 0.3) is 0 Å². The summed E-state index contributed by atoms with van der Waals surface area (Å²) < 4.78 is 0. The van der Waals surface area contributed by atoms with Crippen molar-refractivity contribution in [3.63, 3.8) is 0 Å². The van der Waals surface area contributed by atoms with E-state index < -0.39 is 5.60 Å². The van der Waals surface area contributed by atoms with Crippen molar-refractivity contribution in [2.45, 2.75) is 31.4 Å². The second-order valence-electron chi connectivity index (χ2n) is 5.48. The van der Waals surface area contributed by atoms with Crippen molar-refractivity contribution in [1.29, 1.82) is 0 Å². The van der Waals surface area contributed by atoms with Gasteiger partial charge in [-0.2, -0.15) is 0 Å². The summed E-state index contributed by atoms with van der Waals surface area (Å²) in [7, 11) is 0. The van der Waals surface area contributed by atoms with E-state index in [1.54, 1.807) is 0 Å². The zero-order valence-corrected chi connectivity index (χ0v) is 10.7. The summed E-state index contributed by atoms with van der Waals surface area (Å²) in [5, 5.41) is 17.3. The Kier molecular flexibility index (Phi) is 3.52. The highest BCUT2D eigenvalue weighted by atomic mass is 16.3. The Labute approximate surface area is 103 Å². The van der Waals surface area contributed by atoms with Crippen LogP contribution < -0.4 is 10.6 Å². The fourth-order valence-electron chi connectivity index (χ4n) is 2.25. The summed E-state index contributed by atoms with van der Waals surface area (Å²) in [6.45, 7) is 6.67. The van der Waals surface area contributed by atoms with Gasteiger partial charge in [0.1, 0.15) is 0 Å². The lowest BCUT2D eigenvalue weighted by Crippen LogP contribution is -2.49. The molecule has 17 heavy (non-hydrogen) atoms. The molecule has 0 radical (unpaired) electrons. The predicted octanol–water partition coefficient (Wildman–Crippen LogP) is 1.24. The van der Waals surface area contributed by atoms with Gasteiger partial charge in [0, 0.05) is 18.6 Å². The van der Waals surface area contributed by atoms with Gasteiger partial charge >= 0.3 is 0 Å². The predicted molar refractivity (Wildman–Crippen MR) is 69.9 cm³/mol. The van der Waals surface area contributed by atoms with Crippen LogP contribution in [-0.4, -0.2) is 30.3 Å². The van der Waals surface area contributed by atoms with Crippen LogP contribution in [0.4, 0.5) is 0 Å². The summed E-state index contributed by atoms with van der Waals surface area (Å²) >= 11 is 0. The first-order valence-electron chi connectivity index (χ1n) is 6.26. The summed E-state index contributed by atoms with van der Waals surface area (Å²) in [6, 6.07) is 9.83. The molecule has 0 bridgehead atoms. The molecule has 3 nitrogen and oxygen atoms in total. The summed E-state index contributed by atoms with van der Waals surface area (Å²) in [5.41, 5.74) is 0.257. The van der Waals surface area contributed by atoms with Crippen LogP contribution in [0.3, 0.4) is 0 Å². The van der Waals surface area contributed by atoms with Gasteiger partial charge < -0.3 is 15.7 Å². The summed E-state index contributed by atoms with van der Waals surface area (Å²) in [5.74, 6) is 0. The fraction of sp³-hybridized carbons (Fsp3) is 0.571. The number of benzene rings is 1. The second-order valence-corrected chi connectivity index (χ2v) is 5.48. The first kappa shape index (κ1) is 12.6. The molecule has 0 aliphatic carbocycles. The molecule has 0 amide bonds. The summed E-state index contributed by atoms with van der Waals surface area (Å²) in [4.78, 5) is 0. The third-order valence-corrected chi connectivity index (χ3v) is 3.62. The van der Waals surface area contributed by atoms with Crippen molar-refractivity contribution in [3.8, 4) is 0 Å². The highest BCUT2D eigenvalue weighted by Crippen LogP contribution is 2.21. The molecule has 94 valence electrons. The van der Waals surface area contributed by atoms with Crippen molar-refractivity contribution in [3.05, 3.63) is 35.9 Å². The largest absolute Gasteiger partial charge is 0.384 e. The SMILES string of the molecule is CC1(NCC(C)(O)c2ccccc2)CCNC1. The first-order chi connectivity index (χ1) is 8.02. The minimum Gasteiger partial charge on any atom is -0.384 e. The highest BCUT2D eigenvalue weighted by molar-refractivity contribution is 5.22. The lowest BCUT2D eigenvalue weighted by Gasteiger charge is -2.31. The number of nitrogens with one attached hydrogen (secondary N) is 2. The first-order valence-corrected chi connectivity index (χ1v) is 6.26. The average Bonchev–Trinajstić information content (AvgIpc) is 2.76. The normalized spacial score (nSPS) is 27.9. The Morgan fingerprint density at radius 2 is 2.12 bits per heavy atom. The van der Waals surface area contributed by atoms with Crippen LogP contribution in [-0.2, 0) is 5.60 Å².